The van der Waals surface area contributed by atoms with E-state index in [9.17, 15) is 9.90 Å². The van der Waals surface area contributed by atoms with Crippen molar-refractivity contribution < 1.29 is 9.90 Å². The number of amides is 1. The normalized spacial score (nSPS) is 34.6. The minimum absolute atomic E-state index is 0.122. The topological polar surface area (TPSA) is 49.3 Å². The predicted molar refractivity (Wildman–Crippen MR) is 67.5 cm³/mol. The highest BCUT2D eigenvalue weighted by molar-refractivity contribution is 5.76. The number of aliphatic hydroxyl groups is 1. The Bertz CT molecular complexity index is 288. The number of fused-ring (bicyclic) bond motifs is 2. The van der Waals surface area contributed by atoms with E-state index >= 15 is 0 Å². The summed E-state index contributed by atoms with van der Waals surface area (Å²) in [6, 6.07) is 0. The van der Waals surface area contributed by atoms with Gasteiger partial charge in [0.05, 0.1) is 5.60 Å². The van der Waals surface area contributed by atoms with Crippen LogP contribution in [0.5, 0.6) is 0 Å². The zero-order valence-electron chi connectivity index (χ0n) is 11.0. The quantitative estimate of drug-likeness (QED) is 0.772. The molecule has 2 bridgehead atoms. The molecular weight excluding hydrogens is 214 g/mol. The summed E-state index contributed by atoms with van der Waals surface area (Å²) < 4.78 is 0. The maximum atomic E-state index is 11.8. The van der Waals surface area contributed by atoms with Crippen LogP contribution in [0.2, 0.25) is 0 Å². The van der Waals surface area contributed by atoms with Gasteiger partial charge in [-0.15, -0.1) is 0 Å². The van der Waals surface area contributed by atoms with Crippen molar-refractivity contribution in [3.8, 4) is 0 Å². The van der Waals surface area contributed by atoms with Gasteiger partial charge in [-0.1, -0.05) is 13.3 Å². The highest BCUT2D eigenvalue weighted by Crippen LogP contribution is 2.49. The highest BCUT2D eigenvalue weighted by atomic mass is 16.3. The van der Waals surface area contributed by atoms with Crippen LogP contribution in [0.1, 0.15) is 52.4 Å². The van der Waals surface area contributed by atoms with Gasteiger partial charge in [-0.25, -0.2) is 0 Å². The van der Waals surface area contributed by atoms with Crippen molar-refractivity contribution in [2.75, 3.05) is 6.54 Å². The molecule has 17 heavy (non-hydrogen) atoms. The summed E-state index contributed by atoms with van der Waals surface area (Å²) >= 11 is 0. The summed E-state index contributed by atoms with van der Waals surface area (Å²) in [6.07, 6.45) is 6.65. The van der Waals surface area contributed by atoms with Gasteiger partial charge in [-0.05, 0) is 50.4 Å². The van der Waals surface area contributed by atoms with Crippen molar-refractivity contribution in [2.45, 2.75) is 58.0 Å². The van der Waals surface area contributed by atoms with Gasteiger partial charge in [-0.2, -0.15) is 0 Å². The van der Waals surface area contributed by atoms with Crippen LogP contribution in [0, 0.1) is 17.8 Å². The standard InChI is InChI=1S/C14H25NO2/c1-3-14(2,17)9-15-13(16)8-12-7-10-4-5-11(12)6-10/h10-12,17H,3-9H2,1-2H3,(H,15,16). The second-order valence-electron chi connectivity index (χ2n) is 6.27. The largest absolute Gasteiger partial charge is 0.388 e. The second-order valence-corrected chi connectivity index (χ2v) is 6.27. The molecule has 2 rings (SSSR count). The summed E-state index contributed by atoms with van der Waals surface area (Å²) in [5, 5.41) is 12.7. The van der Waals surface area contributed by atoms with Crippen molar-refractivity contribution in [3.05, 3.63) is 0 Å². The fraction of sp³-hybridized carbons (Fsp3) is 0.929. The lowest BCUT2D eigenvalue weighted by molar-refractivity contribution is -0.123. The number of hydrogen-bond donors (Lipinski definition) is 2. The van der Waals surface area contributed by atoms with Crippen LogP contribution >= 0.6 is 0 Å². The molecule has 0 heterocycles. The van der Waals surface area contributed by atoms with Crippen LogP contribution in [0.15, 0.2) is 0 Å². The molecule has 2 N–H and O–H groups in total. The molecule has 3 nitrogen and oxygen atoms in total. The number of carbonyl (C=O) groups is 1. The first-order chi connectivity index (χ1) is 8.00. The lowest BCUT2D eigenvalue weighted by atomic mass is 9.86. The van der Waals surface area contributed by atoms with Crippen molar-refractivity contribution >= 4 is 5.91 Å². The number of carbonyl (C=O) groups excluding carboxylic acids is 1. The zero-order chi connectivity index (χ0) is 12.5. The molecule has 2 aliphatic rings. The van der Waals surface area contributed by atoms with Crippen LogP contribution in [-0.4, -0.2) is 23.2 Å². The first kappa shape index (κ1) is 12.9. The molecule has 2 aliphatic carbocycles. The number of nitrogens with one attached hydrogen (secondary N) is 1. The van der Waals surface area contributed by atoms with E-state index in [1.54, 1.807) is 6.92 Å². The molecule has 0 spiro atoms. The Labute approximate surface area is 104 Å². The van der Waals surface area contributed by atoms with E-state index in [2.05, 4.69) is 5.32 Å². The van der Waals surface area contributed by atoms with E-state index in [0.717, 1.165) is 11.8 Å². The Kier molecular flexibility index (Phi) is 3.76. The fourth-order valence-electron chi connectivity index (χ4n) is 3.35. The van der Waals surface area contributed by atoms with Gasteiger partial charge in [0.2, 0.25) is 5.91 Å². The first-order valence-electron chi connectivity index (χ1n) is 6.99. The molecular formula is C14H25NO2. The van der Waals surface area contributed by atoms with Gasteiger partial charge in [0, 0.05) is 13.0 Å². The molecule has 0 aromatic carbocycles. The highest BCUT2D eigenvalue weighted by Gasteiger charge is 2.40. The van der Waals surface area contributed by atoms with E-state index in [0.29, 0.717) is 25.3 Å². The minimum Gasteiger partial charge on any atom is -0.388 e. The van der Waals surface area contributed by atoms with Crippen LogP contribution in [0.3, 0.4) is 0 Å². The predicted octanol–water partition coefficient (Wildman–Crippen LogP) is 2.09. The van der Waals surface area contributed by atoms with Gasteiger partial charge in [0.1, 0.15) is 0 Å². The van der Waals surface area contributed by atoms with E-state index in [4.69, 9.17) is 0 Å². The third-order valence-corrected chi connectivity index (χ3v) is 4.76. The van der Waals surface area contributed by atoms with Crippen molar-refractivity contribution in [1.82, 2.24) is 5.32 Å². The van der Waals surface area contributed by atoms with Gasteiger partial charge in [0.15, 0.2) is 0 Å². The van der Waals surface area contributed by atoms with Gasteiger partial charge in [0.25, 0.3) is 0 Å². The Morgan fingerprint density at radius 2 is 2.18 bits per heavy atom. The Balaban J connectivity index is 1.71. The molecule has 2 saturated carbocycles. The summed E-state index contributed by atoms with van der Waals surface area (Å²) in [6.45, 7) is 4.08. The van der Waals surface area contributed by atoms with E-state index < -0.39 is 5.60 Å². The van der Waals surface area contributed by atoms with Crippen molar-refractivity contribution in [3.63, 3.8) is 0 Å². The van der Waals surface area contributed by atoms with E-state index in [1.165, 1.54) is 25.7 Å². The minimum atomic E-state index is -0.760. The second kappa shape index (κ2) is 4.97. The summed E-state index contributed by atoms with van der Waals surface area (Å²) in [5.41, 5.74) is -0.760. The summed E-state index contributed by atoms with van der Waals surface area (Å²) in [7, 11) is 0. The van der Waals surface area contributed by atoms with Crippen LogP contribution < -0.4 is 5.32 Å². The molecule has 0 aliphatic heterocycles. The monoisotopic (exact) mass is 239 g/mol. The lowest BCUT2D eigenvalue weighted by Crippen LogP contribution is -2.40. The first-order valence-corrected chi connectivity index (χ1v) is 6.99. The average Bonchev–Trinajstić information content (AvgIpc) is 2.88. The third kappa shape index (κ3) is 3.21. The summed E-state index contributed by atoms with van der Waals surface area (Å²) in [4.78, 5) is 11.8. The smallest absolute Gasteiger partial charge is 0.220 e. The molecule has 98 valence electrons. The molecule has 0 aromatic heterocycles. The molecule has 0 saturated heterocycles. The van der Waals surface area contributed by atoms with Gasteiger partial charge in [-0.3, -0.25) is 4.79 Å². The van der Waals surface area contributed by atoms with Crippen LogP contribution in [0.25, 0.3) is 0 Å². The van der Waals surface area contributed by atoms with Crippen LogP contribution in [-0.2, 0) is 4.79 Å². The van der Waals surface area contributed by atoms with Gasteiger partial charge >= 0.3 is 0 Å². The molecule has 0 aromatic rings. The summed E-state index contributed by atoms with van der Waals surface area (Å²) in [5.74, 6) is 2.44. The average molecular weight is 239 g/mol. The van der Waals surface area contributed by atoms with Crippen molar-refractivity contribution in [2.24, 2.45) is 17.8 Å². The van der Waals surface area contributed by atoms with E-state index in [1.807, 2.05) is 6.92 Å². The zero-order valence-corrected chi connectivity index (χ0v) is 11.0. The Morgan fingerprint density at radius 3 is 2.71 bits per heavy atom. The maximum absolute atomic E-state index is 11.8. The van der Waals surface area contributed by atoms with Crippen LogP contribution in [0.4, 0.5) is 0 Å². The fourth-order valence-corrected chi connectivity index (χ4v) is 3.35. The SMILES string of the molecule is CCC(C)(O)CNC(=O)CC1CC2CCC1C2. The maximum Gasteiger partial charge on any atom is 0.220 e. The molecule has 0 radical (unpaired) electrons. The number of rotatable bonds is 5. The molecule has 1 amide bonds. The Hall–Kier alpha value is -0.570. The third-order valence-electron chi connectivity index (χ3n) is 4.76. The molecule has 4 unspecified atom stereocenters. The molecule has 4 atom stereocenters. The number of hydrogen-bond acceptors (Lipinski definition) is 2. The van der Waals surface area contributed by atoms with E-state index in [-0.39, 0.29) is 5.91 Å². The Morgan fingerprint density at radius 1 is 1.41 bits per heavy atom. The molecule has 2 fully saturated rings. The van der Waals surface area contributed by atoms with Crippen molar-refractivity contribution in [1.29, 1.82) is 0 Å². The lowest BCUT2D eigenvalue weighted by Gasteiger charge is -2.24. The molecule has 3 heteroatoms. The van der Waals surface area contributed by atoms with Gasteiger partial charge < -0.3 is 10.4 Å².